The zero-order valence-electron chi connectivity index (χ0n) is 15.0. The molecule has 3 rings (SSSR count). The predicted octanol–water partition coefficient (Wildman–Crippen LogP) is 3.19. The topological polar surface area (TPSA) is 84.5 Å². The Morgan fingerprint density at radius 3 is 2.15 bits per heavy atom. The molecule has 1 atom stereocenters. The molecule has 1 fully saturated rings. The largest absolute Gasteiger partial charge is 0.457 e. The number of ether oxygens (including phenoxy) is 1. The Balaban J connectivity index is 0.00000117. The molecule has 1 aliphatic carbocycles. The average Bonchev–Trinajstić information content (AvgIpc) is 2.82. The van der Waals surface area contributed by atoms with Crippen molar-refractivity contribution in [2.45, 2.75) is 26.7 Å². The lowest BCUT2D eigenvalue weighted by Crippen LogP contribution is -2.54. The number of rotatable bonds is 3. The van der Waals surface area contributed by atoms with Gasteiger partial charge in [-0.15, -0.1) is 0 Å². The van der Waals surface area contributed by atoms with Gasteiger partial charge in [0, 0.05) is 0 Å². The second kappa shape index (κ2) is 8.80. The van der Waals surface area contributed by atoms with E-state index in [1.165, 1.54) is 0 Å². The molecule has 1 aromatic carbocycles. The number of benzene rings is 1. The van der Waals surface area contributed by atoms with Crippen LogP contribution in [0.4, 0.5) is 4.79 Å². The standard InChI is InChI=1S/C18H16N2O4.C2H6/c1-11-3-2-4-13(8-5-11)24-14-9-6-12(7-10-14)15-16(21)19-18(23)20-17(15)22;1-2/h2-11,15H,1H3,(H2,19,20,21,22,23);1-2H3. The Hall–Kier alpha value is -3.15. The fourth-order valence-corrected chi connectivity index (χ4v) is 2.45. The highest BCUT2D eigenvalue weighted by atomic mass is 16.5. The van der Waals surface area contributed by atoms with E-state index in [-0.39, 0.29) is 0 Å². The first-order valence-corrected chi connectivity index (χ1v) is 8.53. The van der Waals surface area contributed by atoms with Crippen molar-refractivity contribution in [3.8, 4) is 5.75 Å². The van der Waals surface area contributed by atoms with Gasteiger partial charge < -0.3 is 4.74 Å². The fourth-order valence-electron chi connectivity index (χ4n) is 2.45. The van der Waals surface area contributed by atoms with E-state index < -0.39 is 23.8 Å². The van der Waals surface area contributed by atoms with E-state index in [4.69, 9.17) is 4.74 Å². The van der Waals surface area contributed by atoms with Crippen LogP contribution < -0.4 is 15.4 Å². The highest BCUT2D eigenvalue weighted by Crippen LogP contribution is 2.23. The molecule has 26 heavy (non-hydrogen) atoms. The molecule has 1 aromatic rings. The Morgan fingerprint density at radius 1 is 0.923 bits per heavy atom. The smallest absolute Gasteiger partial charge is 0.328 e. The molecule has 136 valence electrons. The van der Waals surface area contributed by atoms with Gasteiger partial charge in [0.2, 0.25) is 11.8 Å². The molecule has 2 aliphatic rings. The molecular weight excluding hydrogens is 332 g/mol. The minimum atomic E-state index is -1.04. The van der Waals surface area contributed by atoms with E-state index in [2.05, 4.69) is 23.6 Å². The number of hydrogen-bond acceptors (Lipinski definition) is 4. The van der Waals surface area contributed by atoms with Crippen LogP contribution in [0.1, 0.15) is 32.3 Å². The average molecular weight is 354 g/mol. The molecule has 1 unspecified atom stereocenters. The molecule has 2 N–H and O–H groups in total. The molecule has 1 aliphatic heterocycles. The molecule has 0 saturated carbocycles. The monoisotopic (exact) mass is 354 g/mol. The zero-order valence-corrected chi connectivity index (χ0v) is 15.0. The lowest BCUT2D eigenvalue weighted by atomic mass is 9.96. The van der Waals surface area contributed by atoms with Gasteiger partial charge >= 0.3 is 6.03 Å². The molecule has 6 nitrogen and oxygen atoms in total. The lowest BCUT2D eigenvalue weighted by molar-refractivity contribution is -0.132. The van der Waals surface area contributed by atoms with Crippen LogP contribution in [0.3, 0.4) is 0 Å². The van der Waals surface area contributed by atoms with E-state index in [1.54, 1.807) is 24.3 Å². The number of nitrogens with one attached hydrogen (secondary N) is 2. The number of urea groups is 1. The SMILES string of the molecule is CC.CC1C=CC=C(Oc2ccc(C3C(=O)NC(=O)NC3=O)cc2)C=C1. The van der Waals surface area contributed by atoms with E-state index in [1.807, 2.05) is 38.2 Å². The van der Waals surface area contributed by atoms with Crippen molar-refractivity contribution in [1.29, 1.82) is 0 Å². The minimum Gasteiger partial charge on any atom is -0.457 e. The fraction of sp³-hybridized carbons (Fsp3) is 0.250. The molecule has 4 amide bonds. The highest BCUT2D eigenvalue weighted by Gasteiger charge is 2.35. The quantitative estimate of drug-likeness (QED) is 0.817. The molecule has 0 spiro atoms. The minimum absolute atomic E-state index is 0.343. The van der Waals surface area contributed by atoms with Crippen LogP contribution in [-0.4, -0.2) is 17.8 Å². The third kappa shape index (κ3) is 4.69. The van der Waals surface area contributed by atoms with Gasteiger partial charge in [-0.25, -0.2) is 4.79 Å². The van der Waals surface area contributed by atoms with Crippen LogP contribution in [0, 0.1) is 5.92 Å². The first-order valence-electron chi connectivity index (χ1n) is 8.53. The number of carbonyl (C=O) groups is 3. The summed E-state index contributed by atoms with van der Waals surface area (Å²) in [6, 6.07) is 5.83. The number of imide groups is 2. The molecule has 0 bridgehead atoms. The van der Waals surface area contributed by atoms with Gasteiger partial charge in [-0.1, -0.05) is 51.1 Å². The van der Waals surface area contributed by atoms with E-state index in [9.17, 15) is 14.4 Å². The maximum Gasteiger partial charge on any atom is 0.328 e. The first kappa shape index (κ1) is 19.2. The molecular formula is C20H22N2O4. The highest BCUT2D eigenvalue weighted by molar-refractivity contribution is 6.19. The van der Waals surface area contributed by atoms with Gasteiger partial charge in [-0.3, -0.25) is 20.2 Å². The van der Waals surface area contributed by atoms with Crippen molar-refractivity contribution in [2.75, 3.05) is 0 Å². The van der Waals surface area contributed by atoms with Gasteiger partial charge in [0.25, 0.3) is 0 Å². The van der Waals surface area contributed by atoms with Crippen LogP contribution in [-0.2, 0) is 9.59 Å². The summed E-state index contributed by atoms with van der Waals surface area (Å²) < 4.78 is 5.76. The summed E-state index contributed by atoms with van der Waals surface area (Å²) in [6.07, 6.45) is 9.77. The van der Waals surface area contributed by atoms with Crippen LogP contribution >= 0.6 is 0 Å². The molecule has 0 aromatic heterocycles. The van der Waals surface area contributed by atoms with E-state index in [0.29, 0.717) is 23.0 Å². The van der Waals surface area contributed by atoms with Crippen molar-refractivity contribution < 1.29 is 19.1 Å². The van der Waals surface area contributed by atoms with Gasteiger partial charge in [0.05, 0.1) is 0 Å². The van der Waals surface area contributed by atoms with Gasteiger partial charge in [-0.2, -0.15) is 0 Å². The summed E-state index contributed by atoms with van der Waals surface area (Å²) in [5.41, 5.74) is 0.490. The molecule has 1 saturated heterocycles. The number of carbonyl (C=O) groups excluding carboxylic acids is 3. The second-order valence-corrected chi connectivity index (χ2v) is 5.58. The maximum absolute atomic E-state index is 11.8. The number of amides is 4. The van der Waals surface area contributed by atoms with Crippen molar-refractivity contribution in [3.63, 3.8) is 0 Å². The summed E-state index contributed by atoms with van der Waals surface area (Å²) in [6.45, 7) is 6.07. The third-order valence-electron chi connectivity index (χ3n) is 3.69. The van der Waals surface area contributed by atoms with E-state index >= 15 is 0 Å². The Bertz CT molecular complexity index is 756. The molecule has 1 heterocycles. The summed E-state index contributed by atoms with van der Waals surface area (Å²) in [7, 11) is 0. The summed E-state index contributed by atoms with van der Waals surface area (Å²) >= 11 is 0. The van der Waals surface area contributed by atoms with Crippen molar-refractivity contribution in [3.05, 3.63) is 66.0 Å². The van der Waals surface area contributed by atoms with Crippen LogP contribution in [0.25, 0.3) is 0 Å². The van der Waals surface area contributed by atoms with Crippen LogP contribution in [0.2, 0.25) is 0 Å². The Kier molecular flexibility index (Phi) is 6.49. The number of hydrogen-bond donors (Lipinski definition) is 2. The van der Waals surface area contributed by atoms with Crippen molar-refractivity contribution in [2.24, 2.45) is 5.92 Å². The predicted molar refractivity (Wildman–Crippen MR) is 98.4 cm³/mol. The normalized spacial score (nSPS) is 19.6. The Morgan fingerprint density at radius 2 is 1.54 bits per heavy atom. The summed E-state index contributed by atoms with van der Waals surface area (Å²) in [5.74, 6) is -0.683. The van der Waals surface area contributed by atoms with Crippen LogP contribution in [0.15, 0.2) is 60.4 Å². The first-order chi connectivity index (χ1) is 12.5. The van der Waals surface area contributed by atoms with Gasteiger partial charge in [0.1, 0.15) is 17.4 Å². The summed E-state index contributed by atoms with van der Waals surface area (Å²) in [4.78, 5) is 34.8. The van der Waals surface area contributed by atoms with E-state index in [0.717, 1.165) is 0 Å². The zero-order chi connectivity index (χ0) is 19.1. The second-order valence-electron chi connectivity index (χ2n) is 5.58. The van der Waals surface area contributed by atoms with Gasteiger partial charge in [0.15, 0.2) is 0 Å². The number of allylic oxidation sites excluding steroid dienone is 5. The van der Waals surface area contributed by atoms with Crippen LogP contribution in [0.5, 0.6) is 5.75 Å². The molecule has 0 radical (unpaired) electrons. The third-order valence-corrected chi connectivity index (χ3v) is 3.69. The molecule has 6 heteroatoms. The van der Waals surface area contributed by atoms with Gasteiger partial charge in [-0.05, 0) is 35.8 Å². The van der Waals surface area contributed by atoms with Crippen molar-refractivity contribution in [1.82, 2.24) is 10.6 Å². The lowest BCUT2D eigenvalue weighted by Gasteiger charge is -2.20. The van der Waals surface area contributed by atoms with Crippen molar-refractivity contribution >= 4 is 17.8 Å². The Labute approximate surface area is 152 Å². The summed E-state index contributed by atoms with van der Waals surface area (Å²) in [5, 5.41) is 4.17. The maximum atomic E-state index is 11.8. The number of barbiturate groups is 1.